The van der Waals surface area contributed by atoms with Crippen LogP contribution >= 0.6 is 22.6 Å². The van der Waals surface area contributed by atoms with Gasteiger partial charge in [-0.05, 0) is 65.2 Å². The highest BCUT2D eigenvalue weighted by molar-refractivity contribution is 14.1. The summed E-state index contributed by atoms with van der Waals surface area (Å²) >= 11 is 2.33. The fourth-order valence-electron chi connectivity index (χ4n) is 1.44. The molecule has 1 atom stereocenters. The molecule has 0 amide bonds. The smallest absolute Gasteiger partial charge is 0.157 e. The molecule has 0 aromatic carbocycles. The Bertz CT molecular complexity index is 170. The van der Waals surface area contributed by atoms with Crippen molar-refractivity contribution in [3.05, 3.63) is 9.66 Å². The molecule has 1 saturated heterocycles. The quantitative estimate of drug-likeness (QED) is 0.570. The van der Waals surface area contributed by atoms with Gasteiger partial charge in [-0.1, -0.05) is 6.08 Å². The molecule has 0 N–H and O–H groups in total. The Hall–Kier alpha value is 0.390. The van der Waals surface area contributed by atoms with Crippen LogP contribution in [-0.2, 0) is 9.47 Å². The Morgan fingerprint density at radius 1 is 1.57 bits per heavy atom. The average molecular weight is 310 g/mol. The van der Waals surface area contributed by atoms with Gasteiger partial charge in [0.05, 0.1) is 6.61 Å². The van der Waals surface area contributed by atoms with Crippen LogP contribution in [0.1, 0.15) is 39.0 Å². The first-order valence-electron chi connectivity index (χ1n) is 5.34. The Kier molecular flexibility index (Phi) is 6.81. The van der Waals surface area contributed by atoms with E-state index in [0.29, 0.717) is 0 Å². The van der Waals surface area contributed by atoms with Crippen molar-refractivity contribution in [1.29, 1.82) is 0 Å². The van der Waals surface area contributed by atoms with Gasteiger partial charge in [0.1, 0.15) is 0 Å². The van der Waals surface area contributed by atoms with Crippen LogP contribution < -0.4 is 0 Å². The first kappa shape index (κ1) is 12.5. The summed E-state index contributed by atoms with van der Waals surface area (Å²) in [5.74, 6) is 0. The molecule has 1 unspecified atom stereocenters. The summed E-state index contributed by atoms with van der Waals surface area (Å²) < 4.78 is 12.4. The molecule has 1 aliphatic rings. The molecule has 0 spiro atoms. The molecule has 0 saturated carbocycles. The SMILES string of the molecule is CC(I)=CCCCOC1CCCCO1. The highest BCUT2D eigenvalue weighted by Crippen LogP contribution is 2.14. The third kappa shape index (κ3) is 5.98. The van der Waals surface area contributed by atoms with Crippen molar-refractivity contribution >= 4 is 22.6 Å². The van der Waals surface area contributed by atoms with Crippen LogP contribution in [0, 0.1) is 0 Å². The van der Waals surface area contributed by atoms with Crippen molar-refractivity contribution in [2.24, 2.45) is 0 Å². The molecule has 1 heterocycles. The summed E-state index contributed by atoms with van der Waals surface area (Å²) in [7, 11) is 0. The van der Waals surface area contributed by atoms with E-state index < -0.39 is 0 Å². The van der Waals surface area contributed by atoms with Gasteiger partial charge in [-0.15, -0.1) is 0 Å². The molecular formula is C11H19IO2. The lowest BCUT2D eigenvalue weighted by Gasteiger charge is -2.22. The van der Waals surface area contributed by atoms with E-state index in [1.54, 1.807) is 0 Å². The predicted molar refractivity (Wildman–Crippen MR) is 66.6 cm³/mol. The van der Waals surface area contributed by atoms with E-state index in [-0.39, 0.29) is 6.29 Å². The van der Waals surface area contributed by atoms with Gasteiger partial charge < -0.3 is 9.47 Å². The second-order valence-electron chi connectivity index (χ2n) is 3.60. The minimum atomic E-state index is 0.0772. The number of hydrogen-bond acceptors (Lipinski definition) is 2. The number of unbranched alkanes of at least 4 members (excludes halogenated alkanes) is 1. The first-order chi connectivity index (χ1) is 6.79. The van der Waals surface area contributed by atoms with Crippen LogP contribution in [0.25, 0.3) is 0 Å². The van der Waals surface area contributed by atoms with E-state index in [0.717, 1.165) is 32.5 Å². The van der Waals surface area contributed by atoms with Crippen LogP contribution in [0.2, 0.25) is 0 Å². The van der Waals surface area contributed by atoms with Crippen LogP contribution in [-0.4, -0.2) is 19.5 Å². The number of ether oxygens (including phenoxy) is 2. The maximum atomic E-state index is 5.61. The lowest BCUT2D eigenvalue weighted by atomic mass is 10.2. The fraction of sp³-hybridized carbons (Fsp3) is 0.818. The Balaban J connectivity index is 1.95. The maximum Gasteiger partial charge on any atom is 0.157 e. The maximum absolute atomic E-state index is 5.61. The first-order valence-corrected chi connectivity index (χ1v) is 6.42. The lowest BCUT2D eigenvalue weighted by Crippen LogP contribution is -2.22. The monoisotopic (exact) mass is 310 g/mol. The van der Waals surface area contributed by atoms with E-state index in [9.17, 15) is 0 Å². The van der Waals surface area contributed by atoms with Crippen molar-refractivity contribution in [2.45, 2.75) is 45.3 Å². The summed E-state index contributed by atoms with van der Waals surface area (Å²) in [6.45, 7) is 3.81. The third-order valence-electron chi connectivity index (χ3n) is 2.22. The fourth-order valence-corrected chi connectivity index (χ4v) is 1.75. The molecule has 3 heteroatoms. The molecular weight excluding hydrogens is 291 g/mol. The predicted octanol–water partition coefficient (Wildman–Crippen LogP) is 3.65. The summed E-state index contributed by atoms with van der Waals surface area (Å²) in [6.07, 6.45) is 8.04. The van der Waals surface area contributed by atoms with Crippen molar-refractivity contribution < 1.29 is 9.47 Å². The molecule has 1 fully saturated rings. The molecule has 2 nitrogen and oxygen atoms in total. The zero-order chi connectivity index (χ0) is 10.2. The van der Waals surface area contributed by atoms with E-state index in [4.69, 9.17) is 9.47 Å². The van der Waals surface area contributed by atoms with Gasteiger partial charge in [0.25, 0.3) is 0 Å². The second-order valence-corrected chi connectivity index (χ2v) is 5.30. The number of allylic oxidation sites excluding steroid dienone is 2. The van der Waals surface area contributed by atoms with E-state index in [1.807, 2.05) is 0 Å². The highest BCUT2D eigenvalue weighted by atomic mass is 127. The second kappa shape index (κ2) is 7.65. The molecule has 0 aromatic rings. The van der Waals surface area contributed by atoms with Gasteiger partial charge in [-0.2, -0.15) is 0 Å². The standard InChI is InChI=1S/C11H19IO2/c1-10(12)6-2-4-8-13-11-7-3-5-9-14-11/h6,11H,2-5,7-9H2,1H3. The lowest BCUT2D eigenvalue weighted by molar-refractivity contribution is -0.162. The largest absolute Gasteiger partial charge is 0.353 e. The third-order valence-corrected chi connectivity index (χ3v) is 2.66. The summed E-state index contributed by atoms with van der Waals surface area (Å²) in [6, 6.07) is 0. The molecule has 0 aromatic heterocycles. The molecule has 14 heavy (non-hydrogen) atoms. The number of rotatable bonds is 5. The van der Waals surface area contributed by atoms with Crippen molar-refractivity contribution in [3.8, 4) is 0 Å². The minimum Gasteiger partial charge on any atom is -0.353 e. The molecule has 0 bridgehead atoms. The van der Waals surface area contributed by atoms with Gasteiger partial charge in [0.2, 0.25) is 0 Å². The Morgan fingerprint density at radius 3 is 3.07 bits per heavy atom. The average Bonchev–Trinajstić information content (AvgIpc) is 2.18. The van der Waals surface area contributed by atoms with Crippen LogP contribution in [0.5, 0.6) is 0 Å². The molecule has 82 valence electrons. The number of halogens is 1. The van der Waals surface area contributed by atoms with Crippen molar-refractivity contribution in [1.82, 2.24) is 0 Å². The highest BCUT2D eigenvalue weighted by Gasteiger charge is 2.12. The zero-order valence-corrected chi connectivity index (χ0v) is 11.0. The van der Waals surface area contributed by atoms with E-state index in [1.165, 1.54) is 16.4 Å². The summed E-state index contributed by atoms with van der Waals surface area (Å²) in [5, 5.41) is 0. The Labute approximate surface area is 100 Å². The van der Waals surface area contributed by atoms with Gasteiger partial charge in [0, 0.05) is 6.61 Å². The zero-order valence-electron chi connectivity index (χ0n) is 8.80. The van der Waals surface area contributed by atoms with Gasteiger partial charge in [-0.3, -0.25) is 0 Å². The molecule has 0 aliphatic carbocycles. The summed E-state index contributed by atoms with van der Waals surface area (Å²) in [5.41, 5.74) is 0. The van der Waals surface area contributed by atoms with Gasteiger partial charge in [0.15, 0.2) is 6.29 Å². The van der Waals surface area contributed by atoms with E-state index >= 15 is 0 Å². The van der Waals surface area contributed by atoms with Crippen molar-refractivity contribution in [3.63, 3.8) is 0 Å². The van der Waals surface area contributed by atoms with Crippen LogP contribution in [0.3, 0.4) is 0 Å². The molecule has 0 radical (unpaired) electrons. The number of hydrogen-bond donors (Lipinski definition) is 0. The van der Waals surface area contributed by atoms with Gasteiger partial charge >= 0.3 is 0 Å². The molecule has 1 aliphatic heterocycles. The molecule has 1 rings (SSSR count). The Morgan fingerprint density at radius 2 is 2.43 bits per heavy atom. The van der Waals surface area contributed by atoms with Crippen molar-refractivity contribution in [2.75, 3.05) is 13.2 Å². The summed E-state index contributed by atoms with van der Waals surface area (Å²) in [4.78, 5) is 0. The van der Waals surface area contributed by atoms with E-state index in [2.05, 4.69) is 35.6 Å². The van der Waals surface area contributed by atoms with Crippen LogP contribution in [0.4, 0.5) is 0 Å². The normalized spacial score (nSPS) is 23.9. The minimum absolute atomic E-state index is 0.0772. The van der Waals surface area contributed by atoms with Crippen LogP contribution in [0.15, 0.2) is 9.66 Å². The van der Waals surface area contributed by atoms with Gasteiger partial charge in [-0.25, -0.2) is 0 Å². The topological polar surface area (TPSA) is 18.5 Å².